The summed E-state index contributed by atoms with van der Waals surface area (Å²) in [5.74, 6) is 1.92. The Bertz CT molecular complexity index is 1550. The van der Waals surface area contributed by atoms with Crippen molar-refractivity contribution in [2.45, 2.75) is 44.4 Å². The van der Waals surface area contributed by atoms with E-state index in [1.165, 1.54) is 14.0 Å². The van der Waals surface area contributed by atoms with Gasteiger partial charge >= 0.3 is 11.9 Å². The summed E-state index contributed by atoms with van der Waals surface area (Å²) in [4.78, 5) is 51.5. The minimum Gasteiger partial charge on any atom is -0.480 e. The first-order valence-electron chi connectivity index (χ1n) is 17.1. The molecule has 2 aliphatic rings. The molecule has 0 aliphatic carbocycles. The van der Waals surface area contributed by atoms with E-state index in [1.807, 2.05) is 36.4 Å². The summed E-state index contributed by atoms with van der Waals surface area (Å²) >= 11 is 4.64. The van der Waals surface area contributed by atoms with Gasteiger partial charge in [-0.15, -0.1) is 0 Å². The number of carbonyl (C=O) groups is 3. The lowest BCUT2D eigenvalue weighted by Crippen LogP contribution is -2.35. The van der Waals surface area contributed by atoms with E-state index in [4.69, 9.17) is 29.7 Å². The van der Waals surface area contributed by atoms with Crippen molar-refractivity contribution < 1.29 is 38.8 Å². The standard InChI is InChI=1S/C17H23N3O3.C16H21N3O3.C2H3ClO.CH4O/c1-22-16(21)12-23-11-10-20-8-6-13(7-9-20)17-18-14-4-2-3-5-15(14)19-17;20-15(21)11-22-10-9-19-7-5-12(6-8-19)16-17-13-3-1-2-4-14(13)18-16;1-2(3)4;1-2/h2-5,13H,6-12H2,1H3,(H,18,19);1-4,12H,5-11H2,(H,17,18)(H,20,21);1H3;2H,1H3. The summed E-state index contributed by atoms with van der Waals surface area (Å²) < 4.78 is 14.9. The van der Waals surface area contributed by atoms with Crippen LogP contribution in [-0.2, 0) is 28.6 Å². The average Bonchev–Trinajstić information content (AvgIpc) is 3.78. The topological polar surface area (TPSA) is 183 Å². The largest absolute Gasteiger partial charge is 0.480 e. The molecule has 0 amide bonds. The molecular weight excluding hydrogens is 680 g/mol. The first-order valence-corrected chi connectivity index (χ1v) is 17.5. The van der Waals surface area contributed by atoms with Crippen LogP contribution in [-0.4, -0.2) is 137 Å². The molecule has 2 saturated heterocycles. The molecule has 2 aromatic carbocycles. The summed E-state index contributed by atoms with van der Waals surface area (Å²) in [6.45, 7) is 7.85. The number of carbonyl (C=O) groups excluding carboxylic acids is 2. The molecule has 0 spiro atoms. The molecule has 4 heterocycles. The number of methoxy groups -OCH3 is 1. The highest BCUT2D eigenvalue weighted by molar-refractivity contribution is 6.62. The van der Waals surface area contributed by atoms with Gasteiger partial charge in [-0.25, -0.2) is 19.6 Å². The lowest BCUT2D eigenvalue weighted by atomic mass is 9.96. The average molecular weight is 731 g/mol. The highest BCUT2D eigenvalue weighted by Gasteiger charge is 2.24. The number of carboxylic acids is 1. The van der Waals surface area contributed by atoms with Gasteiger partial charge < -0.3 is 44.2 Å². The van der Waals surface area contributed by atoms with Crippen molar-refractivity contribution in [1.29, 1.82) is 0 Å². The van der Waals surface area contributed by atoms with E-state index in [0.29, 0.717) is 25.0 Å². The molecule has 51 heavy (non-hydrogen) atoms. The SMILES string of the molecule is CC(=O)Cl.CO.COC(=O)COCCN1CCC(c2nc3ccccc3[nH]2)CC1.O=C(O)COCCN1CCC(c2nc3ccccc3[nH]2)CC1. The molecule has 4 aromatic rings. The lowest BCUT2D eigenvalue weighted by molar-refractivity contribution is -0.146. The number of carboxylic acid groups (broad SMARTS) is 1. The molecule has 2 aromatic heterocycles. The van der Waals surface area contributed by atoms with Crippen molar-refractivity contribution in [3.8, 4) is 0 Å². The van der Waals surface area contributed by atoms with Crippen LogP contribution in [0.25, 0.3) is 22.1 Å². The highest BCUT2D eigenvalue weighted by atomic mass is 35.5. The zero-order valence-corrected chi connectivity index (χ0v) is 30.4. The predicted molar refractivity (Wildman–Crippen MR) is 195 cm³/mol. The molecule has 0 unspecified atom stereocenters. The maximum atomic E-state index is 11.0. The number of H-pyrrole nitrogens is 2. The zero-order valence-electron chi connectivity index (χ0n) is 29.7. The number of nitrogens with one attached hydrogen (secondary N) is 2. The van der Waals surface area contributed by atoms with Crippen molar-refractivity contribution in [3.05, 3.63) is 60.2 Å². The van der Waals surface area contributed by atoms with Gasteiger partial charge in [-0.3, -0.25) is 4.79 Å². The Morgan fingerprint density at radius 2 is 1.16 bits per heavy atom. The number of aliphatic hydroxyl groups is 1. The van der Waals surface area contributed by atoms with Gasteiger partial charge in [-0.05, 0) is 87.7 Å². The molecule has 280 valence electrons. The minimum atomic E-state index is -0.913. The molecule has 14 nitrogen and oxygen atoms in total. The summed E-state index contributed by atoms with van der Waals surface area (Å²) in [7, 11) is 2.37. The van der Waals surface area contributed by atoms with Crippen LogP contribution in [0.2, 0.25) is 0 Å². The summed E-state index contributed by atoms with van der Waals surface area (Å²) in [5, 5.41) is 15.2. The summed E-state index contributed by atoms with van der Waals surface area (Å²) in [5.41, 5.74) is 4.28. The first kappa shape index (κ1) is 41.5. The van der Waals surface area contributed by atoms with Crippen LogP contribution in [0.15, 0.2) is 48.5 Å². The number of hydrogen-bond donors (Lipinski definition) is 4. The van der Waals surface area contributed by atoms with Gasteiger partial charge in [0.05, 0.1) is 42.4 Å². The van der Waals surface area contributed by atoms with Gasteiger partial charge in [0.2, 0.25) is 5.24 Å². The highest BCUT2D eigenvalue weighted by Crippen LogP contribution is 2.28. The second-order valence-corrected chi connectivity index (χ2v) is 12.6. The van der Waals surface area contributed by atoms with Crippen molar-refractivity contribution in [1.82, 2.24) is 29.7 Å². The summed E-state index contributed by atoms with van der Waals surface area (Å²) in [6, 6.07) is 16.3. The molecule has 0 bridgehead atoms. The van der Waals surface area contributed by atoms with Crippen LogP contribution in [0.1, 0.15) is 56.1 Å². The maximum Gasteiger partial charge on any atom is 0.331 e. The fourth-order valence-electron chi connectivity index (χ4n) is 5.95. The molecule has 15 heteroatoms. The van der Waals surface area contributed by atoms with Gasteiger partial charge in [-0.1, -0.05) is 24.3 Å². The minimum absolute atomic E-state index is 0.0337. The van der Waals surface area contributed by atoms with E-state index in [9.17, 15) is 14.4 Å². The van der Waals surface area contributed by atoms with Crippen molar-refractivity contribution in [2.75, 3.05) is 79.9 Å². The fourth-order valence-corrected chi connectivity index (χ4v) is 5.95. The number of aliphatic carboxylic acids is 1. The monoisotopic (exact) mass is 730 g/mol. The molecule has 2 aliphatic heterocycles. The number of rotatable bonds is 12. The van der Waals surface area contributed by atoms with Gasteiger partial charge in [0, 0.05) is 39.0 Å². The van der Waals surface area contributed by atoms with Gasteiger partial charge in [0.1, 0.15) is 24.9 Å². The van der Waals surface area contributed by atoms with E-state index in [2.05, 4.69) is 48.2 Å². The fraction of sp³-hybridized carbons (Fsp3) is 0.528. The quantitative estimate of drug-likeness (QED) is 0.0930. The molecule has 0 saturated carbocycles. The van der Waals surface area contributed by atoms with Gasteiger partial charge in [0.25, 0.3) is 0 Å². The van der Waals surface area contributed by atoms with Crippen LogP contribution >= 0.6 is 11.6 Å². The van der Waals surface area contributed by atoms with Crippen LogP contribution in [0.4, 0.5) is 0 Å². The van der Waals surface area contributed by atoms with E-state index in [0.717, 1.165) is 106 Å². The first-order chi connectivity index (χ1) is 24.7. The zero-order chi connectivity index (χ0) is 37.0. The number of aromatic nitrogens is 4. The van der Waals surface area contributed by atoms with Crippen LogP contribution in [0.3, 0.4) is 0 Å². The van der Waals surface area contributed by atoms with Crippen molar-refractivity contribution in [2.24, 2.45) is 0 Å². The third-order valence-corrected chi connectivity index (χ3v) is 8.54. The number of piperidine rings is 2. The Labute approximate surface area is 303 Å². The number of esters is 1. The summed E-state index contributed by atoms with van der Waals surface area (Å²) in [6.07, 6.45) is 4.32. The third-order valence-electron chi connectivity index (χ3n) is 8.54. The number of halogens is 1. The van der Waals surface area contributed by atoms with Crippen LogP contribution in [0, 0.1) is 0 Å². The number of fused-ring (bicyclic) bond motifs is 2. The van der Waals surface area contributed by atoms with Gasteiger partial charge in [0.15, 0.2) is 0 Å². The third kappa shape index (κ3) is 14.7. The number of likely N-dealkylation sites (tertiary alicyclic amines) is 2. The Morgan fingerprint density at radius 1 is 0.765 bits per heavy atom. The predicted octanol–water partition coefficient (Wildman–Crippen LogP) is 4.16. The van der Waals surface area contributed by atoms with E-state index in [-0.39, 0.29) is 24.4 Å². The van der Waals surface area contributed by atoms with Crippen molar-refractivity contribution >= 4 is 50.8 Å². The molecule has 6 rings (SSSR count). The Morgan fingerprint density at radius 3 is 1.53 bits per heavy atom. The lowest BCUT2D eigenvalue weighted by Gasteiger charge is -2.30. The Balaban J connectivity index is 0.000000239. The van der Waals surface area contributed by atoms with E-state index >= 15 is 0 Å². The second-order valence-electron chi connectivity index (χ2n) is 12.1. The van der Waals surface area contributed by atoms with Crippen LogP contribution in [0.5, 0.6) is 0 Å². The number of ether oxygens (including phenoxy) is 3. The Hall–Kier alpha value is -3.92. The van der Waals surface area contributed by atoms with E-state index < -0.39 is 5.97 Å². The van der Waals surface area contributed by atoms with Crippen LogP contribution < -0.4 is 0 Å². The van der Waals surface area contributed by atoms with Crippen molar-refractivity contribution in [3.63, 3.8) is 0 Å². The molecule has 4 N–H and O–H groups in total. The smallest absolute Gasteiger partial charge is 0.331 e. The number of para-hydroxylation sites is 4. The molecule has 0 radical (unpaired) electrons. The molecular formula is C36H51ClN6O8. The maximum absolute atomic E-state index is 11.0. The van der Waals surface area contributed by atoms with E-state index in [1.54, 1.807) is 0 Å². The number of aromatic amines is 2. The second kappa shape index (κ2) is 22.8. The number of aliphatic hydroxyl groups excluding tert-OH is 1. The molecule has 2 fully saturated rings. The number of benzene rings is 2. The van der Waals surface area contributed by atoms with Gasteiger partial charge in [-0.2, -0.15) is 0 Å². The number of hydrogen-bond acceptors (Lipinski definition) is 11. The molecule has 0 atom stereocenters. The number of nitrogens with zero attached hydrogens (tertiary/aromatic N) is 4. The normalized spacial score (nSPS) is 15.5. The Kier molecular flexibility index (Phi) is 18.6. The number of imidazole rings is 2.